The maximum Gasteiger partial charge on any atom is 0.472 e. The van der Waals surface area contributed by atoms with Crippen LogP contribution < -0.4 is 0 Å². The number of hydrogen-bond donors (Lipinski definition) is 3. The molecule has 0 aromatic rings. The molecule has 2 unspecified atom stereocenters. The van der Waals surface area contributed by atoms with Gasteiger partial charge in [0.25, 0.3) is 0 Å². The van der Waals surface area contributed by atoms with Crippen LogP contribution in [0.3, 0.4) is 0 Å². The summed E-state index contributed by atoms with van der Waals surface area (Å²) >= 11 is 0. The van der Waals surface area contributed by atoms with Crippen LogP contribution >= 0.6 is 15.6 Å². The van der Waals surface area contributed by atoms with Crippen molar-refractivity contribution in [3.8, 4) is 0 Å². The Bertz CT molecular complexity index is 1830. The SMILES string of the molecule is CCCCCCCCCCCCCCCCCCCCCCCC(=O)O[C@H](COC(=O)CCCCCCCCCCCCCCCCCCC)COP(=O)(O)OC[C@@H](O)COP(=O)(O)OC[C@@H](COC(=O)CCCCCCCCCC)OC(=O)CCCCCCCCCCCC. The van der Waals surface area contributed by atoms with Crippen LogP contribution in [0.15, 0.2) is 0 Å². The Morgan fingerprint density at radius 2 is 0.417 bits per heavy atom. The number of unbranched alkanes of at least 4 members (excludes halogenated alkanes) is 52. The first kappa shape index (κ1) is 94.1. The second-order valence-electron chi connectivity index (χ2n) is 27.7. The van der Waals surface area contributed by atoms with E-state index in [9.17, 15) is 43.2 Å². The molecule has 0 heterocycles. The van der Waals surface area contributed by atoms with Gasteiger partial charge in [-0.2, -0.15) is 0 Å². The predicted octanol–water partition coefficient (Wildman–Crippen LogP) is 23.0. The van der Waals surface area contributed by atoms with E-state index in [4.69, 9.17) is 37.0 Å². The minimum absolute atomic E-state index is 0.107. The third-order valence-corrected chi connectivity index (χ3v) is 20.0. The molecule has 0 aromatic heterocycles. The van der Waals surface area contributed by atoms with E-state index in [-0.39, 0.29) is 25.7 Å². The summed E-state index contributed by atoms with van der Waals surface area (Å²) in [6, 6.07) is 0. The minimum Gasteiger partial charge on any atom is -0.462 e. The van der Waals surface area contributed by atoms with Crippen molar-refractivity contribution in [2.75, 3.05) is 39.6 Å². The van der Waals surface area contributed by atoms with Crippen LogP contribution in [0.25, 0.3) is 0 Å². The molecular formula is C77H150O17P2. The van der Waals surface area contributed by atoms with E-state index in [1.165, 1.54) is 238 Å². The normalized spacial score (nSPS) is 13.9. The van der Waals surface area contributed by atoms with Gasteiger partial charge in [-0.05, 0) is 25.7 Å². The standard InChI is InChI=1S/C77H150O17P2/c1-5-9-13-17-21-25-28-30-32-34-35-36-37-39-41-43-45-48-52-56-60-64-77(82)94-73(68-88-75(80)62-58-54-50-47-44-42-40-38-33-31-29-26-22-18-14-10-6-2)70-92-96(85,86)90-66-71(78)65-89-95(83,84)91-69-72(67-87-74(79)61-57-53-49-24-20-16-12-8-4)93-76(81)63-59-55-51-46-27-23-19-15-11-7-3/h71-73,78H,5-70H2,1-4H3,(H,83,84)(H,85,86)/t71-,72+,73+/m0/s1. The highest BCUT2D eigenvalue weighted by Crippen LogP contribution is 2.45. The lowest BCUT2D eigenvalue weighted by Gasteiger charge is -2.21. The molecule has 0 spiro atoms. The number of aliphatic hydroxyl groups excluding tert-OH is 1. The summed E-state index contributed by atoms with van der Waals surface area (Å²) in [5.74, 6) is -2.11. The molecule has 0 saturated heterocycles. The average Bonchev–Trinajstić information content (AvgIpc) is 1.34. The maximum atomic E-state index is 13.1. The molecule has 0 aliphatic rings. The summed E-state index contributed by atoms with van der Waals surface area (Å²) in [6.45, 7) is 4.96. The van der Waals surface area contributed by atoms with Crippen LogP contribution in [0.2, 0.25) is 0 Å². The fourth-order valence-electron chi connectivity index (χ4n) is 11.9. The van der Waals surface area contributed by atoms with Crippen molar-refractivity contribution < 1.29 is 80.2 Å². The van der Waals surface area contributed by atoms with Gasteiger partial charge in [0.2, 0.25) is 0 Å². The molecule has 0 radical (unpaired) electrons. The average molecular weight is 1410 g/mol. The van der Waals surface area contributed by atoms with Crippen LogP contribution in [-0.2, 0) is 65.4 Å². The third kappa shape index (κ3) is 70.5. The Morgan fingerprint density at radius 3 is 0.615 bits per heavy atom. The van der Waals surface area contributed by atoms with E-state index in [0.717, 1.165) is 96.3 Å². The fourth-order valence-corrected chi connectivity index (χ4v) is 13.5. The smallest absolute Gasteiger partial charge is 0.462 e. The van der Waals surface area contributed by atoms with Gasteiger partial charge in [0.05, 0.1) is 26.4 Å². The van der Waals surface area contributed by atoms with Gasteiger partial charge in [0.1, 0.15) is 19.3 Å². The number of aliphatic hydroxyl groups is 1. The first-order chi connectivity index (χ1) is 46.7. The Labute approximate surface area is 588 Å². The quantitative estimate of drug-likeness (QED) is 0.0222. The zero-order valence-electron chi connectivity index (χ0n) is 62.4. The first-order valence-electron chi connectivity index (χ1n) is 40.3. The van der Waals surface area contributed by atoms with Gasteiger partial charge in [-0.15, -0.1) is 0 Å². The van der Waals surface area contributed by atoms with Crippen LogP contribution in [0.4, 0.5) is 0 Å². The molecule has 5 atom stereocenters. The number of hydrogen-bond acceptors (Lipinski definition) is 15. The lowest BCUT2D eigenvalue weighted by Crippen LogP contribution is -2.30. The van der Waals surface area contributed by atoms with Gasteiger partial charge in [-0.3, -0.25) is 37.3 Å². The highest BCUT2D eigenvalue weighted by Gasteiger charge is 2.30. The first-order valence-corrected chi connectivity index (χ1v) is 43.3. The number of carbonyl (C=O) groups excluding carboxylic acids is 4. The number of ether oxygens (including phenoxy) is 4. The monoisotopic (exact) mass is 1410 g/mol. The number of carbonyl (C=O) groups is 4. The van der Waals surface area contributed by atoms with Gasteiger partial charge in [-0.1, -0.05) is 362 Å². The van der Waals surface area contributed by atoms with E-state index < -0.39 is 97.5 Å². The van der Waals surface area contributed by atoms with Crippen molar-refractivity contribution >= 4 is 39.5 Å². The molecular weight excluding hydrogens is 1260 g/mol. The zero-order valence-corrected chi connectivity index (χ0v) is 64.1. The number of phosphoric acid groups is 2. The summed E-state index contributed by atoms with van der Waals surface area (Å²) in [5.41, 5.74) is 0. The predicted molar refractivity (Wildman–Crippen MR) is 391 cm³/mol. The highest BCUT2D eigenvalue weighted by atomic mass is 31.2. The van der Waals surface area contributed by atoms with Crippen molar-refractivity contribution in [2.45, 2.75) is 431 Å². The van der Waals surface area contributed by atoms with Crippen molar-refractivity contribution in [2.24, 2.45) is 0 Å². The molecule has 17 nitrogen and oxygen atoms in total. The van der Waals surface area contributed by atoms with Gasteiger partial charge in [0.15, 0.2) is 12.2 Å². The summed E-state index contributed by atoms with van der Waals surface area (Å²) in [6.07, 6.45) is 62.6. The summed E-state index contributed by atoms with van der Waals surface area (Å²) in [7, 11) is -9.90. The highest BCUT2D eigenvalue weighted by molar-refractivity contribution is 7.47. The maximum absolute atomic E-state index is 13.1. The molecule has 0 fully saturated rings. The molecule has 0 rings (SSSR count). The van der Waals surface area contributed by atoms with E-state index in [1.807, 2.05) is 0 Å². The molecule has 96 heavy (non-hydrogen) atoms. The van der Waals surface area contributed by atoms with Crippen LogP contribution in [0.5, 0.6) is 0 Å². The Balaban J connectivity index is 5.16. The van der Waals surface area contributed by atoms with Gasteiger partial charge in [0, 0.05) is 25.7 Å². The lowest BCUT2D eigenvalue weighted by atomic mass is 10.0. The van der Waals surface area contributed by atoms with Crippen molar-refractivity contribution in [3.63, 3.8) is 0 Å². The summed E-state index contributed by atoms with van der Waals surface area (Å²) < 4.78 is 68.4. The van der Waals surface area contributed by atoms with Crippen LogP contribution in [0, 0.1) is 0 Å². The van der Waals surface area contributed by atoms with Gasteiger partial charge in [-0.25, -0.2) is 9.13 Å². The molecule has 0 saturated carbocycles. The molecule has 570 valence electrons. The van der Waals surface area contributed by atoms with Gasteiger partial charge < -0.3 is 33.8 Å². The Kier molecular flexibility index (Phi) is 70.0. The summed E-state index contributed by atoms with van der Waals surface area (Å²) in [4.78, 5) is 72.7. The second kappa shape index (κ2) is 71.5. The molecule has 0 aliphatic heterocycles. The van der Waals surface area contributed by atoms with Crippen LogP contribution in [0.1, 0.15) is 413 Å². The largest absolute Gasteiger partial charge is 0.472 e. The van der Waals surface area contributed by atoms with E-state index in [0.29, 0.717) is 25.7 Å². The second-order valence-corrected chi connectivity index (χ2v) is 30.7. The number of phosphoric ester groups is 2. The molecule has 0 amide bonds. The van der Waals surface area contributed by atoms with Crippen LogP contribution in [-0.4, -0.2) is 96.7 Å². The Morgan fingerprint density at radius 1 is 0.250 bits per heavy atom. The van der Waals surface area contributed by atoms with Crippen molar-refractivity contribution in [1.29, 1.82) is 0 Å². The molecule has 0 aliphatic carbocycles. The molecule has 3 N–H and O–H groups in total. The Hall–Kier alpha value is -1.94. The van der Waals surface area contributed by atoms with Crippen molar-refractivity contribution in [3.05, 3.63) is 0 Å². The summed E-state index contributed by atoms with van der Waals surface area (Å²) in [5, 5.41) is 10.6. The van der Waals surface area contributed by atoms with Gasteiger partial charge >= 0.3 is 39.5 Å². The number of rotatable bonds is 78. The lowest BCUT2D eigenvalue weighted by molar-refractivity contribution is -0.161. The third-order valence-electron chi connectivity index (χ3n) is 18.1. The fraction of sp³-hybridized carbons (Fsp3) is 0.948. The van der Waals surface area contributed by atoms with Crippen molar-refractivity contribution in [1.82, 2.24) is 0 Å². The van der Waals surface area contributed by atoms with E-state index in [2.05, 4.69) is 27.7 Å². The number of esters is 4. The minimum atomic E-state index is -4.96. The van der Waals surface area contributed by atoms with E-state index >= 15 is 0 Å². The zero-order chi connectivity index (χ0) is 70.4. The molecule has 0 bridgehead atoms. The van der Waals surface area contributed by atoms with E-state index in [1.54, 1.807) is 0 Å². The molecule has 0 aromatic carbocycles. The molecule has 19 heteroatoms. The topological polar surface area (TPSA) is 237 Å².